The molecule has 0 rings (SSSR count). The van der Waals surface area contributed by atoms with E-state index in [0.29, 0.717) is 38.6 Å². The highest BCUT2D eigenvalue weighted by Crippen LogP contribution is 2.19. The first-order chi connectivity index (χ1) is 48.2. The third-order valence-electron chi connectivity index (χ3n) is 15.6. The van der Waals surface area contributed by atoms with Crippen molar-refractivity contribution in [1.29, 1.82) is 0 Å². The van der Waals surface area contributed by atoms with E-state index >= 15 is 0 Å². The average molecular weight is 1440 g/mol. The number of carbonyl (C=O) groups excluding carboxylic acids is 9. The summed E-state index contributed by atoms with van der Waals surface area (Å²) < 4.78 is 42.7. The van der Waals surface area contributed by atoms with Crippen molar-refractivity contribution in [1.82, 2.24) is 31.9 Å². The van der Waals surface area contributed by atoms with E-state index in [2.05, 4.69) is 31.9 Å². The van der Waals surface area contributed by atoms with Gasteiger partial charge in [-0.1, -0.05) is 90.4 Å². The Hall–Kier alpha value is -6.65. The molecule has 100 heavy (non-hydrogen) atoms. The molecule has 0 heterocycles. The Morgan fingerprint density at radius 2 is 0.660 bits per heavy atom. The number of carbonyl (C=O) groups is 13. The van der Waals surface area contributed by atoms with Crippen LogP contribution in [0.4, 0.5) is 0 Å². The van der Waals surface area contributed by atoms with Crippen molar-refractivity contribution in [3.05, 3.63) is 0 Å². The van der Waals surface area contributed by atoms with Crippen LogP contribution in [0.1, 0.15) is 187 Å². The van der Waals surface area contributed by atoms with E-state index in [4.69, 9.17) is 48.1 Å². The molecule has 32 heteroatoms. The van der Waals surface area contributed by atoms with Crippen LogP contribution in [0.15, 0.2) is 0 Å². The number of unbranched alkanes of at least 4 members (excludes halogenated alkanes) is 14. The van der Waals surface area contributed by atoms with Gasteiger partial charge in [-0.05, 0) is 51.4 Å². The topological polar surface area (TPSA) is 469 Å². The third-order valence-corrected chi connectivity index (χ3v) is 15.6. The fourth-order valence-electron chi connectivity index (χ4n) is 9.87. The van der Waals surface area contributed by atoms with Crippen LogP contribution in [0, 0.1) is 17.8 Å². The van der Waals surface area contributed by atoms with Crippen LogP contribution in [-0.4, -0.2) is 253 Å². The van der Waals surface area contributed by atoms with Crippen molar-refractivity contribution >= 4 is 76.7 Å². The molecule has 0 fully saturated rings. The van der Waals surface area contributed by atoms with Crippen LogP contribution in [0.5, 0.6) is 0 Å². The Morgan fingerprint density at radius 3 is 1.05 bits per heavy atom. The highest BCUT2D eigenvalue weighted by molar-refractivity contribution is 5.87. The van der Waals surface area contributed by atoms with Crippen LogP contribution in [0.3, 0.4) is 0 Å². The molecule has 0 saturated carbocycles. The molecule has 32 nitrogen and oxygen atoms in total. The molecule has 576 valence electrons. The average Bonchev–Trinajstić information content (AvgIpc) is 0.985. The van der Waals surface area contributed by atoms with Crippen LogP contribution < -0.4 is 31.9 Å². The second kappa shape index (κ2) is 65.6. The highest BCUT2D eigenvalue weighted by atomic mass is 16.5. The maximum absolute atomic E-state index is 12.5. The monoisotopic (exact) mass is 1430 g/mol. The Kier molecular flexibility index (Phi) is 61.3. The van der Waals surface area contributed by atoms with Gasteiger partial charge in [0, 0.05) is 83.6 Å². The molecular formula is C68H118N6O26. The Labute approximate surface area is 587 Å². The van der Waals surface area contributed by atoms with E-state index in [0.717, 1.165) is 57.8 Å². The van der Waals surface area contributed by atoms with E-state index in [-0.39, 0.29) is 212 Å². The van der Waals surface area contributed by atoms with Gasteiger partial charge in [-0.15, -0.1) is 0 Å². The number of hydrogen-bond donors (Lipinski definition) is 11. The molecule has 11 N–H and O–H groups in total. The van der Waals surface area contributed by atoms with E-state index in [1.165, 1.54) is 32.1 Å². The molecule has 0 aromatic carbocycles. The first kappa shape index (κ1) is 93.3. The zero-order valence-electron chi connectivity index (χ0n) is 59.0. The molecule has 4 atom stereocenters. The summed E-state index contributed by atoms with van der Waals surface area (Å²) in [6.07, 6.45) is 16.5. The van der Waals surface area contributed by atoms with Crippen LogP contribution in [0.25, 0.3) is 0 Å². The van der Waals surface area contributed by atoms with E-state index in [1.54, 1.807) is 0 Å². The molecule has 0 aliphatic heterocycles. The minimum Gasteiger partial charge on any atom is -0.481 e. The summed E-state index contributed by atoms with van der Waals surface area (Å²) >= 11 is 0. The Balaban J connectivity index is 3.79. The van der Waals surface area contributed by atoms with Gasteiger partial charge in [0.05, 0.1) is 91.1 Å². The normalized spacial score (nSPS) is 12.3. The standard InChI is InChI=1S/C68H118N6O26/c1-2-52(58(78)47-75)19-17-18-28-69-60(80)27-24-57(68(91)92)74-61(81)26-23-54(67(89)90)46-56(77)48-97-41-37-94-34-30-71-62(82)50-99-43-39-96-36-32-73-64(84)51-100-44-40-95-35-31-72-63(83)49-98-42-38-93-33-29-70-59(79)25-22-53(66(87)88)45-55(76)20-15-13-11-9-7-5-3-4-6-8-10-12-14-16-21-65(85)86/h52-54,57,75H,2-51H2,1H3,(H,69,80)(H,70,79)(H,71,82)(H,72,83)(H,73,84)(H,74,81)(H,85,86)(H,87,88)(H,89,90)(H,91,92)/t52?,53-,54-,57?/m1/s1. The number of aliphatic hydroxyl groups is 1. The highest BCUT2D eigenvalue weighted by Gasteiger charge is 2.26. The summed E-state index contributed by atoms with van der Waals surface area (Å²) in [4.78, 5) is 156. The summed E-state index contributed by atoms with van der Waals surface area (Å²) in [5, 5.41) is 62.0. The number of ketones is 3. The van der Waals surface area contributed by atoms with Crippen molar-refractivity contribution in [3.63, 3.8) is 0 Å². The van der Waals surface area contributed by atoms with Gasteiger partial charge in [0.2, 0.25) is 35.4 Å². The Morgan fingerprint density at radius 1 is 0.310 bits per heavy atom. The Bertz CT molecular complexity index is 2300. The number of aliphatic hydroxyl groups excluding tert-OH is 1. The van der Waals surface area contributed by atoms with E-state index < -0.39 is 84.9 Å². The second-order valence-corrected chi connectivity index (χ2v) is 24.1. The molecule has 0 aliphatic carbocycles. The van der Waals surface area contributed by atoms with Gasteiger partial charge < -0.3 is 95.3 Å². The first-order valence-corrected chi connectivity index (χ1v) is 35.5. The van der Waals surface area contributed by atoms with Crippen molar-refractivity contribution in [2.24, 2.45) is 17.8 Å². The number of hydrogen-bond acceptors (Lipinski definition) is 22. The molecule has 0 aromatic heterocycles. The number of ether oxygens (including phenoxy) is 8. The molecule has 0 radical (unpaired) electrons. The predicted octanol–water partition coefficient (Wildman–Crippen LogP) is 3.01. The van der Waals surface area contributed by atoms with E-state index in [1.807, 2.05) is 6.92 Å². The molecule has 0 aromatic rings. The summed E-state index contributed by atoms with van der Waals surface area (Å²) in [6, 6.07) is -1.40. The molecule has 0 saturated heterocycles. The fourth-order valence-corrected chi connectivity index (χ4v) is 9.87. The number of amides is 6. The van der Waals surface area contributed by atoms with Crippen molar-refractivity contribution in [2.45, 2.75) is 193 Å². The van der Waals surface area contributed by atoms with Gasteiger partial charge in [0.25, 0.3) is 0 Å². The third kappa shape index (κ3) is 60.1. The molecule has 0 bridgehead atoms. The zero-order valence-corrected chi connectivity index (χ0v) is 59.0. The molecule has 2 unspecified atom stereocenters. The van der Waals surface area contributed by atoms with Gasteiger partial charge in [-0.25, -0.2) is 4.79 Å². The molecule has 6 amide bonds. The first-order valence-electron chi connectivity index (χ1n) is 35.5. The lowest BCUT2D eigenvalue weighted by Gasteiger charge is -2.16. The minimum absolute atomic E-state index is 0.00871. The van der Waals surface area contributed by atoms with Crippen LogP contribution >= 0.6 is 0 Å². The summed E-state index contributed by atoms with van der Waals surface area (Å²) in [5.74, 6) is -10.5. The maximum Gasteiger partial charge on any atom is 0.326 e. The van der Waals surface area contributed by atoms with Gasteiger partial charge >= 0.3 is 23.9 Å². The zero-order chi connectivity index (χ0) is 74.1. The van der Waals surface area contributed by atoms with Gasteiger partial charge in [0.15, 0.2) is 11.6 Å². The quantitative estimate of drug-likeness (QED) is 0.0390. The molecule has 0 spiro atoms. The lowest BCUT2D eigenvalue weighted by Crippen LogP contribution is -2.42. The number of carboxylic acid groups (broad SMARTS) is 4. The second-order valence-electron chi connectivity index (χ2n) is 24.1. The number of aliphatic carboxylic acids is 4. The largest absolute Gasteiger partial charge is 0.481 e. The molecule has 0 aliphatic rings. The smallest absolute Gasteiger partial charge is 0.326 e. The van der Waals surface area contributed by atoms with Crippen LogP contribution in [0.2, 0.25) is 0 Å². The number of nitrogens with one attached hydrogen (secondary N) is 6. The summed E-state index contributed by atoms with van der Waals surface area (Å²) in [7, 11) is 0. The number of rotatable bonds is 74. The van der Waals surface area contributed by atoms with Crippen molar-refractivity contribution in [2.75, 3.05) is 145 Å². The fraction of sp³-hybridized carbons (Fsp3) is 0.809. The van der Waals surface area contributed by atoms with Gasteiger partial charge in [0.1, 0.15) is 44.9 Å². The maximum atomic E-state index is 12.5. The van der Waals surface area contributed by atoms with Crippen molar-refractivity contribution in [3.8, 4) is 0 Å². The lowest BCUT2D eigenvalue weighted by molar-refractivity contribution is -0.145. The summed E-state index contributed by atoms with van der Waals surface area (Å²) in [5.41, 5.74) is 0. The lowest BCUT2D eigenvalue weighted by atomic mass is 9.94. The molecular weight excluding hydrogens is 1320 g/mol. The predicted molar refractivity (Wildman–Crippen MR) is 362 cm³/mol. The van der Waals surface area contributed by atoms with Gasteiger partial charge in [-0.2, -0.15) is 0 Å². The summed E-state index contributed by atoms with van der Waals surface area (Å²) in [6.45, 7) is 2.98. The minimum atomic E-state index is -1.40. The van der Waals surface area contributed by atoms with E-state index in [9.17, 15) is 77.6 Å². The van der Waals surface area contributed by atoms with Crippen molar-refractivity contribution < 1.29 is 126 Å². The van der Waals surface area contributed by atoms with Crippen LogP contribution in [-0.2, 0) is 100 Å². The van der Waals surface area contributed by atoms with Gasteiger partial charge in [-0.3, -0.25) is 57.5 Å². The number of Topliss-reactive ketones (excluding diaryl/α,β-unsaturated/α-hetero) is 3. The SMILES string of the molecule is CCC(CCCCNC(=O)CCC(NC(=O)CC[C@H](CC(=O)COCCOCCNC(=O)COCCOCCNC(=O)COCCOCCNC(=O)COCCOCCNC(=O)CC[C@H](CC(=O)CCCCCCCCCCCCCCCCC(=O)O)C(=O)O)C(=O)O)C(=O)O)C(=O)CO. The number of carboxylic acids is 4.